The van der Waals surface area contributed by atoms with E-state index in [0.29, 0.717) is 25.9 Å². The maximum absolute atomic E-state index is 11.7. The maximum atomic E-state index is 11.7. The highest BCUT2D eigenvalue weighted by atomic mass is 16.2. The highest BCUT2D eigenvalue weighted by Gasteiger charge is 2.26. The Kier molecular flexibility index (Phi) is 4.33. The molecule has 0 aliphatic carbocycles. The maximum Gasteiger partial charge on any atom is 0.242 e. The third-order valence-corrected chi connectivity index (χ3v) is 3.07. The van der Waals surface area contributed by atoms with Crippen LogP contribution in [0.5, 0.6) is 0 Å². The SMILES string of the molecule is Cc1cnccc1NCCNC(=O)[C@@H]1CCC(=O)N1. The van der Waals surface area contributed by atoms with Crippen LogP contribution in [0.4, 0.5) is 5.69 Å². The molecular weight excluding hydrogens is 244 g/mol. The van der Waals surface area contributed by atoms with Crippen molar-refractivity contribution in [2.24, 2.45) is 0 Å². The molecule has 0 unspecified atom stereocenters. The number of carbonyl (C=O) groups excluding carboxylic acids is 2. The van der Waals surface area contributed by atoms with Crippen LogP contribution in [-0.2, 0) is 9.59 Å². The zero-order chi connectivity index (χ0) is 13.7. The third kappa shape index (κ3) is 3.67. The van der Waals surface area contributed by atoms with Gasteiger partial charge < -0.3 is 16.0 Å². The van der Waals surface area contributed by atoms with Crippen LogP contribution >= 0.6 is 0 Å². The van der Waals surface area contributed by atoms with Gasteiger partial charge in [-0.15, -0.1) is 0 Å². The second kappa shape index (κ2) is 6.17. The molecule has 2 rings (SSSR count). The number of amides is 2. The zero-order valence-electron chi connectivity index (χ0n) is 10.9. The van der Waals surface area contributed by atoms with Gasteiger partial charge in [-0.25, -0.2) is 0 Å². The Morgan fingerprint density at radius 1 is 1.53 bits per heavy atom. The molecule has 1 aliphatic heterocycles. The highest BCUT2D eigenvalue weighted by Crippen LogP contribution is 2.10. The van der Waals surface area contributed by atoms with Gasteiger partial charge in [-0.05, 0) is 25.0 Å². The van der Waals surface area contributed by atoms with Crippen LogP contribution in [0.1, 0.15) is 18.4 Å². The number of nitrogens with zero attached hydrogens (tertiary/aromatic N) is 1. The summed E-state index contributed by atoms with van der Waals surface area (Å²) >= 11 is 0. The predicted molar refractivity (Wildman–Crippen MR) is 71.6 cm³/mol. The van der Waals surface area contributed by atoms with Gasteiger partial charge in [0.15, 0.2) is 0 Å². The van der Waals surface area contributed by atoms with Gasteiger partial charge in [0.1, 0.15) is 6.04 Å². The van der Waals surface area contributed by atoms with Crippen molar-refractivity contribution in [3.05, 3.63) is 24.0 Å². The molecule has 6 heteroatoms. The molecule has 0 saturated carbocycles. The second-order valence-electron chi connectivity index (χ2n) is 4.57. The number of hydrogen-bond donors (Lipinski definition) is 3. The smallest absolute Gasteiger partial charge is 0.242 e. The summed E-state index contributed by atoms with van der Waals surface area (Å²) in [5, 5.41) is 8.67. The molecule has 0 radical (unpaired) electrons. The molecule has 19 heavy (non-hydrogen) atoms. The van der Waals surface area contributed by atoms with Crippen molar-refractivity contribution in [2.45, 2.75) is 25.8 Å². The summed E-state index contributed by atoms with van der Waals surface area (Å²) in [6.07, 6.45) is 4.53. The molecule has 1 aromatic rings. The summed E-state index contributed by atoms with van der Waals surface area (Å²) in [5.74, 6) is -0.162. The number of aromatic nitrogens is 1. The van der Waals surface area contributed by atoms with Crippen LogP contribution in [0.15, 0.2) is 18.5 Å². The summed E-state index contributed by atoms with van der Waals surface area (Å²) < 4.78 is 0. The summed E-state index contributed by atoms with van der Waals surface area (Å²) in [6, 6.07) is 1.53. The first-order valence-corrected chi connectivity index (χ1v) is 6.38. The third-order valence-electron chi connectivity index (χ3n) is 3.07. The van der Waals surface area contributed by atoms with E-state index in [-0.39, 0.29) is 17.9 Å². The van der Waals surface area contributed by atoms with E-state index in [1.165, 1.54) is 0 Å². The molecule has 1 aromatic heterocycles. The lowest BCUT2D eigenvalue weighted by Crippen LogP contribution is -2.43. The molecular formula is C13H18N4O2. The number of hydrogen-bond acceptors (Lipinski definition) is 4. The first-order valence-electron chi connectivity index (χ1n) is 6.38. The van der Waals surface area contributed by atoms with Crippen LogP contribution in [0.2, 0.25) is 0 Å². The fourth-order valence-corrected chi connectivity index (χ4v) is 1.99. The highest BCUT2D eigenvalue weighted by molar-refractivity contribution is 5.90. The van der Waals surface area contributed by atoms with Crippen LogP contribution < -0.4 is 16.0 Å². The van der Waals surface area contributed by atoms with E-state index in [9.17, 15) is 9.59 Å². The van der Waals surface area contributed by atoms with E-state index < -0.39 is 0 Å². The average molecular weight is 262 g/mol. The van der Waals surface area contributed by atoms with E-state index in [1.54, 1.807) is 12.4 Å². The van der Waals surface area contributed by atoms with Gasteiger partial charge in [0.05, 0.1) is 0 Å². The Morgan fingerprint density at radius 3 is 3.05 bits per heavy atom. The van der Waals surface area contributed by atoms with Crippen molar-refractivity contribution in [1.82, 2.24) is 15.6 Å². The number of nitrogens with one attached hydrogen (secondary N) is 3. The van der Waals surface area contributed by atoms with Crippen LogP contribution in [-0.4, -0.2) is 35.9 Å². The minimum atomic E-state index is -0.366. The van der Waals surface area contributed by atoms with Crippen molar-refractivity contribution in [1.29, 1.82) is 0 Å². The van der Waals surface area contributed by atoms with Crippen LogP contribution in [0.3, 0.4) is 0 Å². The zero-order valence-corrected chi connectivity index (χ0v) is 10.9. The second-order valence-corrected chi connectivity index (χ2v) is 4.57. The van der Waals surface area contributed by atoms with Gasteiger partial charge in [-0.1, -0.05) is 0 Å². The lowest BCUT2D eigenvalue weighted by molar-refractivity contribution is -0.125. The molecule has 1 fully saturated rings. The van der Waals surface area contributed by atoms with Crippen LogP contribution in [0.25, 0.3) is 0 Å². The fraction of sp³-hybridized carbons (Fsp3) is 0.462. The monoisotopic (exact) mass is 262 g/mol. The van der Waals surface area contributed by atoms with E-state index in [4.69, 9.17) is 0 Å². The van der Waals surface area contributed by atoms with Gasteiger partial charge in [-0.3, -0.25) is 14.6 Å². The number of carbonyl (C=O) groups is 2. The number of aryl methyl sites for hydroxylation is 1. The Labute approximate surface area is 112 Å². The summed E-state index contributed by atoms with van der Waals surface area (Å²) in [6.45, 7) is 3.13. The molecule has 3 N–H and O–H groups in total. The molecule has 102 valence electrons. The first kappa shape index (κ1) is 13.3. The van der Waals surface area contributed by atoms with E-state index >= 15 is 0 Å². The number of rotatable bonds is 5. The topological polar surface area (TPSA) is 83.1 Å². The standard InChI is InChI=1S/C13H18N4O2/c1-9-8-14-5-4-10(9)15-6-7-16-13(19)11-2-3-12(18)17-11/h4-5,8,11H,2-3,6-7H2,1H3,(H,14,15)(H,16,19)(H,17,18)/t11-/m0/s1. The number of anilines is 1. The van der Waals surface area contributed by atoms with E-state index in [1.807, 2.05) is 13.0 Å². The van der Waals surface area contributed by atoms with Crippen molar-refractivity contribution in [3.63, 3.8) is 0 Å². The molecule has 2 heterocycles. The summed E-state index contributed by atoms with van der Waals surface area (Å²) in [7, 11) is 0. The molecule has 0 aromatic carbocycles. The average Bonchev–Trinajstić information content (AvgIpc) is 2.83. The van der Waals surface area contributed by atoms with Gasteiger partial charge in [0.2, 0.25) is 11.8 Å². The lowest BCUT2D eigenvalue weighted by Gasteiger charge is -2.12. The number of pyridine rings is 1. The molecule has 1 saturated heterocycles. The molecule has 6 nitrogen and oxygen atoms in total. The normalized spacial score (nSPS) is 17.9. The molecule has 0 spiro atoms. The molecule has 1 atom stereocenters. The molecule has 0 bridgehead atoms. The van der Waals surface area contributed by atoms with Gasteiger partial charge >= 0.3 is 0 Å². The Balaban J connectivity index is 1.68. The van der Waals surface area contributed by atoms with Gasteiger partial charge in [0, 0.05) is 37.6 Å². The summed E-state index contributed by atoms with van der Waals surface area (Å²) in [5.41, 5.74) is 2.08. The minimum absolute atomic E-state index is 0.0503. The summed E-state index contributed by atoms with van der Waals surface area (Å²) in [4.78, 5) is 26.7. The van der Waals surface area contributed by atoms with Crippen molar-refractivity contribution >= 4 is 17.5 Å². The minimum Gasteiger partial charge on any atom is -0.383 e. The first-order chi connectivity index (χ1) is 9.16. The Bertz CT molecular complexity index is 475. The molecule has 1 aliphatic rings. The van der Waals surface area contributed by atoms with Crippen molar-refractivity contribution < 1.29 is 9.59 Å². The van der Waals surface area contributed by atoms with Crippen LogP contribution in [0, 0.1) is 6.92 Å². The fourth-order valence-electron chi connectivity index (χ4n) is 1.99. The Morgan fingerprint density at radius 2 is 2.37 bits per heavy atom. The van der Waals surface area contributed by atoms with E-state index in [2.05, 4.69) is 20.9 Å². The van der Waals surface area contributed by atoms with E-state index in [0.717, 1.165) is 11.3 Å². The largest absolute Gasteiger partial charge is 0.383 e. The quantitative estimate of drug-likeness (QED) is 0.662. The predicted octanol–water partition coefficient (Wildman–Crippen LogP) is 0.197. The Hall–Kier alpha value is -2.11. The van der Waals surface area contributed by atoms with Gasteiger partial charge in [-0.2, -0.15) is 0 Å². The van der Waals surface area contributed by atoms with Crippen molar-refractivity contribution in [3.8, 4) is 0 Å². The van der Waals surface area contributed by atoms with Gasteiger partial charge in [0.25, 0.3) is 0 Å². The lowest BCUT2D eigenvalue weighted by atomic mass is 10.2. The van der Waals surface area contributed by atoms with Crippen molar-refractivity contribution in [2.75, 3.05) is 18.4 Å². The molecule has 2 amide bonds.